The number of ether oxygens (including phenoxy) is 12. The molecule has 4 aromatic rings. The predicted octanol–water partition coefficient (Wildman–Crippen LogP) is 28.7. The summed E-state index contributed by atoms with van der Waals surface area (Å²) >= 11 is 0. The highest BCUT2D eigenvalue weighted by atomic mass is 16.6. The largest absolute Gasteiger partial charge is 0.465 e. The lowest BCUT2D eigenvalue weighted by Gasteiger charge is -2.42. The van der Waals surface area contributed by atoms with E-state index in [1.807, 2.05) is 159 Å². The number of carbonyl (C=O) groups is 5. The van der Waals surface area contributed by atoms with Gasteiger partial charge in [-0.15, -0.1) is 0 Å². The van der Waals surface area contributed by atoms with Crippen molar-refractivity contribution >= 4 is 29.7 Å². The van der Waals surface area contributed by atoms with E-state index in [4.69, 9.17) is 56.8 Å². The second kappa shape index (κ2) is 95.3. The van der Waals surface area contributed by atoms with Crippen LogP contribution < -0.4 is 0 Å². The van der Waals surface area contributed by atoms with E-state index in [0.717, 1.165) is 36.3 Å². The lowest BCUT2D eigenvalue weighted by atomic mass is 9.88. The monoisotopic (exact) mass is 1940 g/mol. The highest BCUT2D eigenvalue weighted by molar-refractivity contribution is 5.79. The lowest BCUT2D eigenvalue weighted by Crippen LogP contribution is -2.50. The molecule has 0 heterocycles. The molecule has 2 amide bonds. The molecule has 0 spiro atoms. The summed E-state index contributed by atoms with van der Waals surface area (Å²) in [5, 5.41) is 0. The van der Waals surface area contributed by atoms with Crippen LogP contribution in [0.5, 0.6) is 0 Å². The number of hydrogen-bond acceptors (Lipinski definition) is 18. The van der Waals surface area contributed by atoms with E-state index < -0.39 is 0 Å². The first-order valence-corrected chi connectivity index (χ1v) is 54.0. The van der Waals surface area contributed by atoms with Crippen LogP contribution in [0.3, 0.4) is 0 Å². The molecule has 0 bridgehead atoms. The third-order valence-corrected chi connectivity index (χ3v) is 22.5. The lowest BCUT2D eigenvalue weighted by molar-refractivity contribution is -0.149. The van der Waals surface area contributed by atoms with Gasteiger partial charge in [0.1, 0.15) is 13.2 Å². The molecular formula is C118H209N3O17. The van der Waals surface area contributed by atoms with Crippen molar-refractivity contribution < 1.29 is 80.8 Å². The Hall–Kier alpha value is -6.59. The van der Waals surface area contributed by atoms with Crippen molar-refractivity contribution in [2.75, 3.05) is 107 Å². The number of allylic oxidation sites excluding steroid dienone is 1. The van der Waals surface area contributed by atoms with Crippen molar-refractivity contribution in [2.24, 2.45) is 35.5 Å². The molecule has 2 aliphatic carbocycles. The molecule has 0 aliphatic heterocycles. The molecule has 6 rings (SSSR count). The Balaban J connectivity index is -0.00000149. The number of unbranched alkanes of at least 4 members (excludes halogenated alkanes) is 18. The van der Waals surface area contributed by atoms with Crippen molar-refractivity contribution in [2.45, 2.75) is 428 Å². The first-order chi connectivity index (χ1) is 66.1. The minimum Gasteiger partial charge on any atom is -0.465 e. The molecule has 0 saturated heterocycles. The summed E-state index contributed by atoms with van der Waals surface area (Å²) in [7, 11) is 3.28. The third kappa shape index (κ3) is 84.0. The van der Waals surface area contributed by atoms with Crippen LogP contribution in [0.2, 0.25) is 0 Å². The summed E-state index contributed by atoms with van der Waals surface area (Å²) < 4.78 is 61.9. The van der Waals surface area contributed by atoms with Gasteiger partial charge in [-0.2, -0.15) is 0 Å². The second-order valence-electron chi connectivity index (χ2n) is 39.4. The van der Waals surface area contributed by atoms with E-state index >= 15 is 0 Å². The van der Waals surface area contributed by atoms with Gasteiger partial charge in [0.2, 0.25) is 11.8 Å². The molecule has 0 radical (unpaired) electrons. The fourth-order valence-electron chi connectivity index (χ4n) is 14.6. The molecule has 798 valence electrons. The Labute approximate surface area is 846 Å². The van der Waals surface area contributed by atoms with Gasteiger partial charge in [-0.25, -0.2) is 0 Å². The van der Waals surface area contributed by atoms with Crippen molar-refractivity contribution in [1.82, 2.24) is 14.7 Å². The van der Waals surface area contributed by atoms with Crippen LogP contribution in [0, 0.1) is 35.5 Å². The van der Waals surface area contributed by atoms with Gasteiger partial charge in [0.05, 0.1) is 122 Å². The van der Waals surface area contributed by atoms with Crippen LogP contribution >= 0.6 is 0 Å². The molecule has 0 N–H and O–H groups in total. The molecule has 2 saturated carbocycles. The molecule has 0 aromatic heterocycles. The second-order valence-corrected chi connectivity index (χ2v) is 39.4. The molecule has 2 aliphatic rings. The molecule has 0 atom stereocenters. The number of hydrogen-bond donors (Lipinski definition) is 0. The number of carbonyl (C=O) groups excluding carboxylic acids is 5. The van der Waals surface area contributed by atoms with Gasteiger partial charge in [-0.1, -0.05) is 379 Å². The Morgan fingerprint density at radius 2 is 0.587 bits per heavy atom. The van der Waals surface area contributed by atoms with E-state index in [-0.39, 0.29) is 59.5 Å². The number of nitrogens with zero attached hydrogens (tertiary/aromatic N) is 3. The molecular weight excluding hydrogens is 1730 g/mol. The molecule has 2 fully saturated rings. The van der Waals surface area contributed by atoms with Crippen LogP contribution in [-0.4, -0.2) is 194 Å². The van der Waals surface area contributed by atoms with E-state index in [1.165, 1.54) is 197 Å². The maximum atomic E-state index is 12.6. The van der Waals surface area contributed by atoms with E-state index in [2.05, 4.69) is 136 Å². The SMILES string of the molecule is C=C(C(C)C)N(C(C)C)C(C)C.CC(C)C(=O)N(C1CCCCC1)C1CCCCC1.CC(C)C(=O)N(Cc1ccccc1)Cc1ccccc1.CC(C)C(=O)OCc1ccccc1.CC(C)OCc1ccccc1.CCCCCCCCCCCCOC(=O)C(C)C.CCCCCCCCCCCCOC(C)C.COCCOCCOCCOC(=O)C(C)C.COCCOCCOCCOC(C)C. The molecule has 138 heavy (non-hydrogen) atoms. The van der Waals surface area contributed by atoms with E-state index in [1.54, 1.807) is 28.1 Å². The Morgan fingerprint density at radius 1 is 0.297 bits per heavy atom. The Morgan fingerprint density at radius 3 is 0.899 bits per heavy atom. The summed E-state index contributed by atoms with van der Waals surface area (Å²) in [5.41, 5.74) is 5.84. The third-order valence-electron chi connectivity index (χ3n) is 22.5. The summed E-state index contributed by atoms with van der Waals surface area (Å²) in [4.78, 5) is 64.9. The molecule has 0 unspecified atom stereocenters. The maximum Gasteiger partial charge on any atom is 0.308 e. The molecule has 4 aromatic carbocycles. The highest BCUT2D eigenvalue weighted by Gasteiger charge is 2.33. The number of amides is 2. The van der Waals surface area contributed by atoms with E-state index in [9.17, 15) is 24.0 Å². The van der Waals surface area contributed by atoms with Gasteiger partial charge >= 0.3 is 17.9 Å². The van der Waals surface area contributed by atoms with Gasteiger partial charge in [-0.05, 0) is 136 Å². The normalized spacial score (nSPS) is 12.4. The van der Waals surface area contributed by atoms with Gasteiger partial charge in [-0.3, -0.25) is 24.0 Å². The zero-order chi connectivity index (χ0) is 104. The average molecular weight is 1940 g/mol. The van der Waals surface area contributed by atoms with Crippen LogP contribution in [0.1, 0.15) is 381 Å². The molecule has 20 heteroatoms. The van der Waals surface area contributed by atoms with Gasteiger partial charge < -0.3 is 71.5 Å². The summed E-state index contributed by atoms with van der Waals surface area (Å²) in [6.07, 6.45) is 41.1. The number of benzene rings is 4. The van der Waals surface area contributed by atoms with Crippen LogP contribution in [0.4, 0.5) is 0 Å². The summed E-state index contributed by atoms with van der Waals surface area (Å²) in [6.45, 7) is 63.9. The Kier molecular flexibility index (Phi) is 93.6. The van der Waals surface area contributed by atoms with Crippen molar-refractivity contribution in [3.8, 4) is 0 Å². The standard InChI is InChI=1S/C18H21NO.C16H29NO.C16H32O2.C15H32O.C11H23N.C11H22O5.C11H14O2.C10H22O4.C10H14O/c1-15(2)18(20)19(13-16-9-5-3-6-10-16)14-17-11-7-4-8-12-17;1-13(2)16(18)17(14-9-5-3-6-10-14)15-11-7-4-8-12-15;1-4-5-6-7-8-9-10-11-12-13-14-18-16(17)15(2)3;1-4-5-6-7-8-9-10-11-12-13-14-16-15(2)3;1-8(2)11(7)12(9(3)4)10(5)6;1-10(2)11(12)16-9-8-15-7-6-14-5-4-13-3;1-9(2)11(12)13-8-10-6-4-3-5-7-10;1-10(2)14-9-8-13-7-6-12-5-4-11-3;1-9(2)11-8-10-6-4-3-5-7-10/h3-12,15H,13-14H2,1-2H3;13-15H,3-12H2,1-2H3;15H,4-14H2,1-3H3;15H,4-14H2,1-3H3;8-10H,7H2,1-6H3;10H,4-9H2,1-3H3;3-7,9H,8H2,1-2H3;10H,4-9H2,1-3H3;3-7,9H,8H2,1-2H3. The smallest absolute Gasteiger partial charge is 0.308 e. The quantitative estimate of drug-likeness (QED) is 0.0229. The average Bonchev–Trinajstić information content (AvgIpc) is 0.822. The summed E-state index contributed by atoms with van der Waals surface area (Å²) in [5.74, 6) is 0.793. The number of esters is 3. The zero-order valence-corrected chi connectivity index (χ0v) is 93.0. The number of methoxy groups -OCH3 is 2. The van der Waals surface area contributed by atoms with Crippen LogP contribution in [0.25, 0.3) is 0 Å². The van der Waals surface area contributed by atoms with Gasteiger partial charge in [0.15, 0.2) is 0 Å². The van der Waals surface area contributed by atoms with Crippen molar-refractivity contribution in [3.63, 3.8) is 0 Å². The first kappa shape index (κ1) is 136. The Bertz CT molecular complexity index is 3260. The first-order valence-electron chi connectivity index (χ1n) is 54.0. The zero-order valence-electron chi connectivity index (χ0n) is 93.0. The fraction of sp³-hybridized carbons (Fsp3) is 0.737. The predicted molar refractivity (Wildman–Crippen MR) is 575 cm³/mol. The van der Waals surface area contributed by atoms with Crippen LogP contribution in [-0.2, 0) is 107 Å². The topological polar surface area (TPSA) is 206 Å². The minimum absolute atomic E-state index is 0.00752. The fourth-order valence-corrected chi connectivity index (χ4v) is 14.6. The van der Waals surface area contributed by atoms with Crippen LogP contribution in [0.15, 0.2) is 134 Å². The van der Waals surface area contributed by atoms with Crippen molar-refractivity contribution in [1.29, 1.82) is 0 Å². The van der Waals surface area contributed by atoms with Gasteiger partial charge in [0, 0.05) is 75.6 Å². The minimum atomic E-state index is -0.194. The number of rotatable bonds is 62. The van der Waals surface area contributed by atoms with Crippen molar-refractivity contribution in [3.05, 3.63) is 156 Å². The maximum absolute atomic E-state index is 12.6. The summed E-state index contributed by atoms with van der Waals surface area (Å²) in [6, 6.07) is 42.4. The highest BCUT2D eigenvalue weighted by Crippen LogP contribution is 2.32. The van der Waals surface area contributed by atoms with Gasteiger partial charge in [0.25, 0.3) is 0 Å². The van der Waals surface area contributed by atoms with E-state index in [0.29, 0.717) is 154 Å². The molecule has 20 nitrogen and oxygen atoms in total.